The first-order valence-electron chi connectivity index (χ1n) is 7.77. The van der Waals surface area contributed by atoms with E-state index in [1.165, 1.54) is 11.0 Å². The van der Waals surface area contributed by atoms with E-state index < -0.39 is 38.4 Å². The first kappa shape index (κ1) is 17.8. The Hall–Kier alpha value is -1.50. The number of hydrogen-bond donors (Lipinski definition) is 0. The molecule has 1 aliphatic rings. The molecule has 1 aromatic carbocycles. The summed E-state index contributed by atoms with van der Waals surface area (Å²) in [7, 11) is -3.51. The van der Waals surface area contributed by atoms with Crippen LogP contribution in [0.15, 0.2) is 18.2 Å². The van der Waals surface area contributed by atoms with Gasteiger partial charge in [-0.25, -0.2) is 17.2 Å². The third kappa shape index (κ3) is 4.28. The Morgan fingerprint density at radius 2 is 1.78 bits per heavy atom. The van der Waals surface area contributed by atoms with Crippen molar-refractivity contribution >= 4 is 15.7 Å². The highest BCUT2D eigenvalue weighted by Crippen LogP contribution is 2.25. The van der Waals surface area contributed by atoms with Gasteiger partial charge < -0.3 is 4.90 Å². The number of carbonyl (C=O) groups is 1. The molecule has 1 saturated carbocycles. The van der Waals surface area contributed by atoms with E-state index in [-0.39, 0.29) is 18.7 Å². The van der Waals surface area contributed by atoms with E-state index in [9.17, 15) is 22.0 Å². The zero-order valence-corrected chi connectivity index (χ0v) is 13.9. The molecule has 7 heteroatoms. The summed E-state index contributed by atoms with van der Waals surface area (Å²) in [6.45, 7) is 1.57. The molecule has 1 fully saturated rings. The molecule has 0 aromatic heterocycles. The van der Waals surface area contributed by atoms with Crippen molar-refractivity contribution in [1.82, 2.24) is 4.90 Å². The highest BCUT2D eigenvalue weighted by Gasteiger charge is 2.32. The van der Waals surface area contributed by atoms with E-state index in [4.69, 9.17) is 0 Å². The minimum atomic E-state index is -3.51. The number of benzene rings is 1. The van der Waals surface area contributed by atoms with Crippen LogP contribution in [-0.4, -0.2) is 36.8 Å². The van der Waals surface area contributed by atoms with Crippen LogP contribution < -0.4 is 0 Å². The first-order valence-corrected chi connectivity index (χ1v) is 9.49. The van der Waals surface area contributed by atoms with E-state index in [1.807, 2.05) is 0 Å². The summed E-state index contributed by atoms with van der Waals surface area (Å²) in [5.74, 6) is -2.69. The molecule has 0 heterocycles. The fourth-order valence-electron chi connectivity index (χ4n) is 2.88. The lowest BCUT2D eigenvalue weighted by atomic mass is 10.2. The van der Waals surface area contributed by atoms with Gasteiger partial charge in [0.15, 0.2) is 9.84 Å². The molecule has 1 amide bonds. The van der Waals surface area contributed by atoms with E-state index in [0.717, 1.165) is 25.0 Å². The van der Waals surface area contributed by atoms with Gasteiger partial charge in [-0.1, -0.05) is 18.9 Å². The summed E-state index contributed by atoms with van der Waals surface area (Å²) in [5.41, 5.74) is -0.221. The molecule has 1 aliphatic carbocycles. The number of carbonyl (C=O) groups excluding carboxylic acids is 1. The fraction of sp³-hybridized carbons (Fsp3) is 0.562. The van der Waals surface area contributed by atoms with E-state index in [1.54, 1.807) is 6.92 Å². The Morgan fingerprint density at radius 1 is 1.22 bits per heavy atom. The van der Waals surface area contributed by atoms with Gasteiger partial charge >= 0.3 is 0 Å². The Morgan fingerprint density at radius 3 is 2.30 bits per heavy atom. The molecule has 0 unspecified atom stereocenters. The fourth-order valence-corrected chi connectivity index (χ4v) is 4.69. The van der Waals surface area contributed by atoms with Crippen LogP contribution in [-0.2, 0) is 21.2 Å². The summed E-state index contributed by atoms with van der Waals surface area (Å²) >= 11 is 0. The van der Waals surface area contributed by atoms with Gasteiger partial charge in [-0.2, -0.15) is 0 Å². The van der Waals surface area contributed by atoms with E-state index >= 15 is 0 Å². The molecule has 23 heavy (non-hydrogen) atoms. The number of amides is 1. The smallest absolute Gasteiger partial charge is 0.238 e. The maximum absolute atomic E-state index is 13.7. The van der Waals surface area contributed by atoms with Crippen molar-refractivity contribution in [2.75, 3.05) is 12.3 Å². The molecule has 0 aliphatic heterocycles. The van der Waals surface area contributed by atoms with Crippen molar-refractivity contribution in [2.45, 2.75) is 44.4 Å². The Bertz CT molecular complexity index is 650. The summed E-state index contributed by atoms with van der Waals surface area (Å²) in [4.78, 5) is 13.5. The number of sulfone groups is 1. The topological polar surface area (TPSA) is 54.5 Å². The number of rotatable bonds is 6. The summed E-state index contributed by atoms with van der Waals surface area (Å²) in [6.07, 6.45) is 2.89. The van der Waals surface area contributed by atoms with Gasteiger partial charge in [0, 0.05) is 12.1 Å². The van der Waals surface area contributed by atoms with Crippen LogP contribution in [0.4, 0.5) is 8.78 Å². The van der Waals surface area contributed by atoms with Crippen LogP contribution in [0.5, 0.6) is 0 Å². The van der Waals surface area contributed by atoms with Crippen LogP contribution in [0, 0.1) is 11.6 Å². The third-order valence-electron chi connectivity index (χ3n) is 4.28. The second-order valence-corrected chi connectivity index (χ2v) is 8.10. The van der Waals surface area contributed by atoms with Crippen LogP contribution in [0.3, 0.4) is 0 Å². The zero-order valence-electron chi connectivity index (χ0n) is 13.1. The normalized spacial score (nSPS) is 15.8. The second kappa shape index (κ2) is 7.38. The highest BCUT2D eigenvalue weighted by molar-refractivity contribution is 7.92. The third-order valence-corrected chi connectivity index (χ3v) is 6.42. The van der Waals surface area contributed by atoms with Gasteiger partial charge in [-0.05, 0) is 31.9 Å². The van der Waals surface area contributed by atoms with Gasteiger partial charge in [-0.15, -0.1) is 0 Å². The molecule has 2 rings (SSSR count). The predicted octanol–water partition coefficient (Wildman–Crippen LogP) is 2.67. The molecule has 0 atom stereocenters. The standard InChI is InChI=1S/C16H21F2NO3S/c1-2-19(10-13-14(17)8-5-9-15(13)18)16(20)11-23(21,22)12-6-3-4-7-12/h5,8-9,12H,2-4,6-7,10-11H2,1H3. The van der Waals surface area contributed by atoms with Gasteiger partial charge in [-0.3, -0.25) is 4.79 Å². The monoisotopic (exact) mass is 345 g/mol. The molecule has 0 radical (unpaired) electrons. The Balaban J connectivity index is 2.10. The van der Waals surface area contributed by atoms with Crippen LogP contribution in [0.1, 0.15) is 38.2 Å². The van der Waals surface area contributed by atoms with E-state index in [2.05, 4.69) is 0 Å². The van der Waals surface area contributed by atoms with Crippen LogP contribution >= 0.6 is 0 Å². The largest absolute Gasteiger partial charge is 0.338 e. The number of nitrogens with zero attached hydrogens (tertiary/aromatic N) is 1. The van der Waals surface area contributed by atoms with Crippen molar-refractivity contribution in [2.24, 2.45) is 0 Å². The summed E-state index contributed by atoms with van der Waals surface area (Å²) in [5, 5.41) is -0.463. The van der Waals surface area contributed by atoms with Crippen molar-refractivity contribution in [1.29, 1.82) is 0 Å². The minimum Gasteiger partial charge on any atom is -0.338 e. The maximum Gasteiger partial charge on any atom is 0.238 e. The Labute approximate surface area is 135 Å². The van der Waals surface area contributed by atoms with Gasteiger partial charge in [0.05, 0.1) is 11.8 Å². The quantitative estimate of drug-likeness (QED) is 0.796. The summed E-state index contributed by atoms with van der Waals surface area (Å²) in [6, 6.07) is 3.48. The lowest BCUT2D eigenvalue weighted by molar-refractivity contribution is -0.128. The average Bonchev–Trinajstić information content (AvgIpc) is 3.01. The molecule has 0 saturated heterocycles. The van der Waals surface area contributed by atoms with E-state index in [0.29, 0.717) is 12.8 Å². The molecule has 4 nitrogen and oxygen atoms in total. The molecular formula is C16H21F2NO3S. The number of halogens is 2. The lowest BCUT2D eigenvalue weighted by Crippen LogP contribution is -2.38. The molecule has 0 spiro atoms. The van der Waals surface area contributed by atoms with Crippen molar-refractivity contribution in [3.8, 4) is 0 Å². The minimum absolute atomic E-state index is 0.187. The highest BCUT2D eigenvalue weighted by atomic mass is 32.2. The second-order valence-electron chi connectivity index (χ2n) is 5.82. The average molecular weight is 345 g/mol. The molecule has 1 aromatic rings. The van der Waals surface area contributed by atoms with Crippen LogP contribution in [0.2, 0.25) is 0 Å². The first-order chi connectivity index (χ1) is 10.8. The molecule has 128 valence electrons. The molecule has 0 bridgehead atoms. The lowest BCUT2D eigenvalue weighted by Gasteiger charge is -2.22. The van der Waals surface area contributed by atoms with Crippen LogP contribution in [0.25, 0.3) is 0 Å². The number of hydrogen-bond acceptors (Lipinski definition) is 3. The van der Waals surface area contributed by atoms with Crippen molar-refractivity contribution in [3.63, 3.8) is 0 Å². The Kier molecular flexibility index (Phi) is 5.73. The van der Waals surface area contributed by atoms with Gasteiger partial charge in [0.1, 0.15) is 17.4 Å². The maximum atomic E-state index is 13.7. The summed E-state index contributed by atoms with van der Waals surface area (Å²) < 4.78 is 51.9. The SMILES string of the molecule is CCN(Cc1c(F)cccc1F)C(=O)CS(=O)(=O)C1CCCC1. The molecular weight excluding hydrogens is 324 g/mol. The van der Waals surface area contributed by atoms with Crippen molar-refractivity contribution < 1.29 is 22.0 Å². The van der Waals surface area contributed by atoms with Crippen molar-refractivity contribution in [3.05, 3.63) is 35.4 Å². The van der Waals surface area contributed by atoms with Gasteiger partial charge in [0.2, 0.25) is 5.91 Å². The zero-order chi connectivity index (χ0) is 17.0. The predicted molar refractivity (Wildman–Crippen MR) is 83.5 cm³/mol. The molecule has 0 N–H and O–H groups in total. The van der Waals surface area contributed by atoms with Gasteiger partial charge in [0.25, 0.3) is 0 Å².